The summed E-state index contributed by atoms with van der Waals surface area (Å²) in [5.41, 5.74) is 0. The van der Waals surface area contributed by atoms with Crippen molar-refractivity contribution >= 4 is 0 Å². The van der Waals surface area contributed by atoms with Crippen molar-refractivity contribution in [1.82, 2.24) is 0 Å². The van der Waals surface area contributed by atoms with E-state index in [0.717, 1.165) is 0 Å². The molecule has 0 amide bonds. The first-order valence-corrected chi connectivity index (χ1v) is 5.41. The molecular weight excluding hydrogens is 394 g/mol. The summed E-state index contributed by atoms with van der Waals surface area (Å²) in [6.07, 6.45) is 0. The molecule has 0 bridgehead atoms. The molecular formula is H8K2Mn2Na2O10. The molecule has 0 aromatic rings. The van der Waals surface area contributed by atoms with E-state index in [-0.39, 0.29) is 168 Å². The molecule has 16 heteroatoms. The summed E-state index contributed by atoms with van der Waals surface area (Å²) in [6, 6.07) is 0. The standard InChI is InChI=1S/2K.2Mn.2Na.H2O2.2H2O.6O.4H/c;;;;;;1-2;;;;;;;;;;;;/h;;;;;;1-2H;2*1H2;;;;;;;;;;/q6*+1;;;;;;;;;;4*-1/p-2. The van der Waals surface area contributed by atoms with Crippen molar-refractivity contribution < 1.29 is 235 Å². The van der Waals surface area contributed by atoms with Crippen LogP contribution in [0.2, 0.25) is 0 Å². The van der Waals surface area contributed by atoms with E-state index in [1.54, 1.807) is 0 Å². The quantitative estimate of drug-likeness (QED) is 0.172. The Morgan fingerprint density at radius 2 is 0.625 bits per heavy atom. The molecule has 0 spiro atoms. The van der Waals surface area contributed by atoms with Crippen LogP contribution in [0.5, 0.6) is 0 Å². The summed E-state index contributed by atoms with van der Waals surface area (Å²) < 4.78 is 66.1. The summed E-state index contributed by atoms with van der Waals surface area (Å²) in [4.78, 5) is 0. The molecule has 4 N–H and O–H groups in total. The van der Waals surface area contributed by atoms with Crippen LogP contribution in [0.15, 0.2) is 0 Å². The van der Waals surface area contributed by atoms with Crippen LogP contribution in [-0.4, -0.2) is 18.9 Å². The first-order chi connectivity index (χ1) is 5.00. The molecule has 0 fully saturated rings. The number of hydrogen-bond acceptors (Lipinski definition) is 8. The van der Waals surface area contributed by atoms with Crippen LogP contribution in [0.3, 0.4) is 0 Å². The maximum absolute atomic E-state index is 8.69. The van der Waals surface area contributed by atoms with Gasteiger partial charge in [-0.1, -0.05) is 0 Å². The van der Waals surface area contributed by atoms with E-state index in [0.29, 0.717) is 0 Å². The SMILES string of the molecule is OO.[H-].[H-].[H-].[H-].[K+].[K+].[Na+].[Na+].[O]=[Mn](=[O])(=[O])[OH].[O]=[Mn](=[O])(=[O])[OH]. The average Bonchev–Trinajstić information content (AvgIpc) is 1.59. The van der Waals surface area contributed by atoms with Crippen molar-refractivity contribution in [2.45, 2.75) is 0 Å². The molecule has 0 radical (unpaired) electrons. The van der Waals surface area contributed by atoms with Crippen LogP contribution in [0.25, 0.3) is 0 Å². The Balaban J connectivity index is -0.00000000589. The Morgan fingerprint density at radius 3 is 0.625 bits per heavy atom. The van der Waals surface area contributed by atoms with Gasteiger partial charge < -0.3 is 5.71 Å². The molecule has 0 aliphatic rings. The molecule has 0 rings (SSSR count). The molecule has 0 aliphatic carbocycles. The van der Waals surface area contributed by atoms with Gasteiger partial charge in [0, 0.05) is 0 Å². The van der Waals surface area contributed by atoms with E-state index < -0.39 is 25.9 Å². The van der Waals surface area contributed by atoms with Gasteiger partial charge in [-0.05, 0) is 0 Å². The summed E-state index contributed by atoms with van der Waals surface area (Å²) >= 11 is -10.8. The van der Waals surface area contributed by atoms with Gasteiger partial charge in [0.05, 0.1) is 0 Å². The fourth-order valence-corrected chi connectivity index (χ4v) is 0. The first-order valence-electron chi connectivity index (χ1n) is 1.46. The third-order valence-electron chi connectivity index (χ3n) is 0. The normalized spacial score (nSPS) is 7.50. The van der Waals surface area contributed by atoms with Gasteiger partial charge in [0.15, 0.2) is 0 Å². The minimum absolute atomic E-state index is 0. The monoisotopic (exact) mass is 402 g/mol. The zero-order chi connectivity index (χ0) is 11.0. The van der Waals surface area contributed by atoms with Gasteiger partial charge in [0.2, 0.25) is 0 Å². The second-order valence-corrected chi connectivity index (χ2v) is 3.27. The molecule has 0 aromatic carbocycles. The van der Waals surface area contributed by atoms with E-state index in [9.17, 15) is 0 Å². The van der Waals surface area contributed by atoms with E-state index in [4.69, 9.17) is 41.9 Å². The molecule has 86 valence electrons. The topological polar surface area (TPSA) is 183 Å². The van der Waals surface area contributed by atoms with Crippen LogP contribution in [0.4, 0.5) is 0 Å². The van der Waals surface area contributed by atoms with Crippen molar-refractivity contribution in [3.8, 4) is 0 Å². The van der Waals surface area contributed by atoms with Crippen molar-refractivity contribution in [2.24, 2.45) is 0 Å². The van der Waals surface area contributed by atoms with Crippen LogP contribution in [0, 0.1) is 0 Å². The molecule has 0 saturated carbocycles. The van der Waals surface area contributed by atoms with Gasteiger partial charge in [-0.15, -0.1) is 0 Å². The maximum atomic E-state index is 8.69. The molecule has 0 aromatic heterocycles. The number of hydrogen-bond donors (Lipinski definition) is 4. The Morgan fingerprint density at radius 1 is 0.625 bits per heavy atom. The summed E-state index contributed by atoms with van der Waals surface area (Å²) in [6.45, 7) is 0. The molecule has 0 heterocycles. The van der Waals surface area contributed by atoms with Gasteiger partial charge >= 0.3 is 219 Å². The van der Waals surface area contributed by atoms with E-state index in [1.165, 1.54) is 0 Å². The van der Waals surface area contributed by atoms with Gasteiger partial charge in [-0.25, -0.2) is 0 Å². The zero-order valence-electron chi connectivity index (χ0n) is 13.0. The summed E-state index contributed by atoms with van der Waals surface area (Å²) in [5, 5.41) is 12.0. The van der Waals surface area contributed by atoms with Gasteiger partial charge in [0.1, 0.15) is 0 Å². The van der Waals surface area contributed by atoms with E-state index in [1.807, 2.05) is 0 Å². The van der Waals surface area contributed by atoms with Gasteiger partial charge in [0.25, 0.3) is 0 Å². The third-order valence-corrected chi connectivity index (χ3v) is 0. The van der Waals surface area contributed by atoms with Crippen molar-refractivity contribution in [3.05, 3.63) is 0 Å². The molecule has 10 nitrogen and oxygen atoms in total. The van der Waals surface area contributed by atoms with Crippen molar-refractivity contribution in [3.63, 3.8) is 0 Å². The second-order valence-electron chi connectivity index (χ2n) is 0.792. The van der Waals surface area contributed by atoms with Crippen LogP contribution in [-0.2, 0) is 48.9 Å². The molecule has 0 unspecified atom stereocenters. The van der Waals surface area contributed by atoms with Crippen LogP contribution >= 0.6 is 0 Å². The van der Waals surface area contributed by atoms with Gasteiger partial charge in [-0.2, -0.15) is 0 Å². The Hall–Kier alpha value is 4.95. The van der Waals surface area contributed by atoms with Crippen molar-refractivity contribution in [2.75, 3.05) is 0 Å². The molecule has 0 aliphatic heterocycles. The summed E-state index contributed by atoms with van der Waals surface area (Å²) in [5.74, 6) is 0. The van der Waals surface area contributed by atoms with Crippen LogP contribution in [0.1, 0.15) is 5.71 Å². The Labute approximate surface area is 229 Å². The van der Waals surface area contributed by atoms with E-state index >= 15 is 0 Å². The number of rotatable bonds is 0. The first kappa shape index (κ1) is 42.8. The Bertz CT molecular complexity index is 324. The van der Waals surface area contributed by atoms with Gasteiger partial charge in [-0.3, -0.25) is 10.5 Å². The fourth-order valence-electron chi connectivity index (χ4n) is 0. The average molecular weight is 402 g/mol. The molecule has 0 saturated heterocycles. The zero-order valence-corrected chi connectivity index (χ0v) is 21.6. The van der Waals surface area contributed by atoms with E-state index in [2.05, 4.69) is 0 Å². The van der Waals surface area contributed by atoms with Crippen LogP contribution < -0.4 is 162 Å². The molecule has 0 atom stereocenters. The third kappa shape index (κ3) is 249. The predicted molar refractivity (Wildman–Crippen MR) is 18.3 cm³/mol. The second kappa shape index (κ2) is 24.9. The minimum atomic E-state index is -5.38. The Kier molecular flexibility index (Phi) is 66.8. The van der Waals surface area contributed by atoms with Crippen molar-refractivity contribution in [1.29, 1.82) is 0 Å². The summed E-state index contributed by atoms with van der Waals surface area (Å²) in [7, 11) is 0. The molecule has 16 heavy (non-hydrogen) atoms. The predicted octanol–water partition coefficient (Wildman–Crippen LogP) is -13.3. The fraction of sp³-hybridized carbons (Fsp3) is 0.